The van der Waals surface area contributed by atoms with Gasteiger partial charge in [-0.15, -0.1) is 0 Å². The van der Waals surface area contributed by atoms with Crippen LogP contribution >= 0.6 is 27.7 Å². The summed E-state index contributed by atoms with van der Waals surface area (Å²) in [5.41, 5.74) is 1.38. The van der Waals surface area contributed by atoms with Gasteiger partial charge in [0.15, 0.2) is 0 Å². The maximum Gasteiger partial charge on any atom is 0.0317 e. The smallest absolute Gasteiger partial charge is 0.0317 e. The second-order valence-corrected chi connectivity index (χ2v) is 5.36. The highest BCUT2D eigenvalue weighted by Crippen LogP contribution is 2.19. The predicted molar refractivity (Wildman–Crippen MR) is 73.6 cm³/mol. The fraction of sp³-hybridized carbons (Fsp3) is 0.500. The number of halogens is 1. The van der Waals surface area contributed by atoms with E-state index in [1.807, 2.05) is 11.8 Å². The van der Waals surface area contributed by atoms with Crippen molar-refractivity contribution in [2.45, 2.75) is 19.4 Å². The van der Waals surface area contributed by atoms with E-state index in [9.17, 15) is 0 Å². The quantitative estimate of drug-likeness (QED) is 0.798. The van der Waals surface area contributed by atoms with Gasteiger partial charge in [-0.1, -0.05) is 35.0 Å². The Balaban J connectivity index is 2.53. The highest BCUT2D eigenvalue weighted by molar-refractivity contribution is 9.10. The third-order valence-corrected chi connectivity index (χ3v) is 3.52. The highest BCUT2D eigenvalue weighted by Gasteiger charge is 2.07. The molecular formula is C12H18BrNS. The van der Waals surface area contributed by atoms with Crippen LogP contribution in [-0.4, -0.2) is 18.6 Å². The number of hydrogen-bond acceptors (Lipinski definition) is 2. The lowest BCUT2D eigenvalue weighted by Crippen LogP contribution is -2.23. The van der Waals surface area contributed by atoms with Crippen LogP contribution < -0.4 is 5.32 Å². The fourth-order valence-electron chi connectivity index (χ4n) is 1.53. The first-order valence-corrected chi connectivity index (χ1v) is 7.44. The molecule has 0 saturated carbocycles. The number of rotatable bonds is 6. The van der Waals surface area contributed by atoms with E-state index >= 15 is 0 Å². The Morgan fingerprint density at radius 2 is 2.00 bits per heavy atom. The van der Waals surface area contributed by atoms with Crippen molar-refractivity contribution in [3.05, 3.63) is 34.3 Å². The number of hydrogen-bond donors (Lipinski definition) is 1. The van der Waals surface area contributed by atoms with Gasteiger partial charge in [-0.05, 0) is 30.4 Å². The molecule has 1 unspecified atom stereocenters. The zero-order chi connectivity index (χ0) is 11.1. The van der Waals surface area contributed by atoms with E-state index in [1.165, 1.54) is 11.3 Å². The van der Waals surface area contributed by atoms with Gasteiger partial charge in [0.1, 0.15) is 0 Å². The van der Waals surface area contributed by atoms with Gasteiger partial charge in [0.25, 0.3) is 0 Å². The van der Waals surface area contributed by atoms with Crippen molar-refractivity contribution in [2.24, 2.45) is 0 Å². The summed E-state index contributed by atoms with van der Waals surface area (Å²) in [5, 5.41) is 3.57. The molecule has 0 aliphatic heterocycles. The van der Waals surface area contributed by atoms with Crippen molar-refractivity contribution in [2.75, 3.05) is 18.6 Å². The van der Waals surface area contributed by atoms with Gasteiger partial charge >= 0.3 is 0 Å². The van der Waals surface area contributed by atoms with E-state index in [-0.39, 0.29) is 0 Å². The monoisotopic (exact) mass is 287 g/mol. The average molecular weight is 288 g/mol. The first kappa shape index (κ1) is 13.1. The maximum absolute atomic E-state index is 3.57. The SMILES string of the molecule is CCC(NCCSC)c1ccc(Br)cc1. The molecule has 0 fully saturated rings. The lowest BCUT2D eigenvalue weighted by Gasteiger charge is -2.17. The van der Waals surface area contributed by atoms with Gasteiger partial charge in [-0.25, -0.2) is 0 Å². The highest BCUT2D eigenvalue weighted by atomic mass is 79.9. The summed E-state index contributed by atoms with van der Waals surface area (Å²) in [7, 11) is 0. The Morgan fingerprint density at radius 1 is 1.33 bits per heavy atom. The lowest BCUT2D eigenvalue weighted by atomic mass is 10.1. The summed E-state index contributed by atoms with van der Waals surface area (Å²) in [5.74, 6) is 1.17. The Morgan fingerprint density at radius 3 is 2.53 bits per heavy atom. The van der Waals surface area contributed by atoms with Crippen molar-refractivity contribution in [3.8, 4) is 0 Å². The first-order valence-electron chi connectivity index (χ1n) is 5.25. The van der Waals surface area contributed by atoms with E-state index in [1.54, 1.807) is 0 Å². The zero-order valence-corrected chi connectivity index (χ0v) is 11.7. The Bertz CT molecular complexity index is 273. The summed E-state index contributed by atoms with van der Waals surface area (Å²) in [6.07, 6.45) is 3.28. The van der Waals surface area contributed by atoms with E-state index in [0.717, 1.165) is 17.4 Å². The minimum absolute atomic E-state index is 0.491. The third-order valence-electron chi connectivity index (χ3n) is 2.38. The summed E-state index contributed by atoms with van der Waals surface area (Å²) in [6.45, 7) is 3.30. The molecular weight excluding hydrogens is 270 g/mol. The van der Waals surface area contributed by atoms with Gasteiger partial charge in [-0.2, -0.15) is 11.8 Å². The van der Waals surface area contributed by atoms with E-state index in [4.69, 9.17) is 0 Å². The molecule has 1 aromatic rings. The van der Waals surface area contributed by atoms with Gasteiger partial charge in [0, 0.05) is 22.8 Å². The molecule has 0 bridgehead atoms. The summed E-state index contributed by atoms with van der Waals surface area (Å²) >= 11 is 5.34. The minimum atomic E-state index is 0.491. The molecule has 1 aromatic carbocycles. The topological polar surface area (TPSA) is 12.0 Å². The Kier molecular flexibility index (Phi) is 6.37. The van der Waals surface area contributed by atoms with E-state index in [2.05, 4.69) is 58.7 Å². The van der Waals surface area contributed by atoms with Gasteiger partial charge in [0.05, 0.1) is 0 Å². The summed E-state index contributed by atoms with van der Waals surface area (Å²) in [6, 6.07) is 9.07. The van der Waals surface area contributed by atoms with Crippen LogP contribution in [0.5, 0.6) is 0 Å². The number of thioether (sulfide) groups is 1. The average Bonchev–Trinajstić information content (AvgIpc) is 2.26. The van der Waals surface area contributed by atoms with Crippen LogP contribution in [-0.2, 0) is 0 Å². The van der Waals surface area contributed by atoms with E-state index in [0.29, 0.717) is 6.04 Å². The first-order chi connectivity index (χ1) is 7.27. The maximum atomic E-state index is 3.57. The fourth-order valence-corrected chi connectivity index (χ4v) is 2.11. The molecule has 0 amide bonds. The van der Waals surface area contributed by atoms with Crippen molar-refractivity contribution in [3.63, 3.8) is 0 Å². The molecule has 0 heterocycles. The molecule has 84 valence electrons. The third kappa shape index (κ3) is 4.58. The molecule has 1 N–H and O–H groups in total. The van der Waals surface area contributed by atoms with Crippen molar-refractivity contribution < 1.29 is 0 Å². The molecule has 3 heteroatoms. The molecule has 1 rings (SSSR count). The molecule has 0 saturated heterocycles. The second-order valence-electron chi connectivity index (χ2n) is 3.46. The van der Waals surface area contributed by atoms with Crippen LogP contribution in [0.4, 0.5) is 0 Å². The Labute approximate surface area is 105 Å². The standard InChI is InChI=1S/C12H18BrNS/c1-3-12(14-8-9-15-2)10-4-6-11(13)7-5-10/h4-7,12,14H,3,8-9H2,1-2H3. The number of benzene rings is 1. The van der Waals surface area contributed by atoms with Crippen LogP contribution in [0.1, 0.15) is 24.9 Å². The largest absolute Gasteiger partial charge is 0.309 e. The lowest BCUT2D eigenvalue weighted by molar-refractivity contribution is 0.540. The van der Waals surface area contributed by atoms with Gasteiger partial charge < -0.3 is 5.32 Å². The molecule has 0 radical (unpaired) electrons. The molecule has 0 aliphatic carbocycles. The van der Waals surface area contributed by atoms with E-state index < -0.39 is 0 Å². The van der Waals surface area contributed by atoms with Crippen LogP contribution in [0.15, 0.2) is 28.7 Å². The van der Waals surface area contributed by atoms with Crippen molar-refractivity contribution in [1.82, 2.24) is 5.32 Å². The molecule has 15 heavy (non-hydrogen) atoms. The molecule has 0 aromatic heterocycles. The van der Waals surface area contributed by atoms with Crippen LogP contribution in [0.25, 0.3) is 0 Å². The molecule has 1 nitrogen and oxygen atoms in total. The van der Waals surface area contributed by atoms with Crippen LogP contribution in [0, 0.1) is 0 Å². The summed E-state index contributed by atoms with van der Waals surface area (Å²) < 4.78 is 1.14. The van der Waals surface area contributed by atoms with Gasteiger partial charge in [0.2, 0.25) is 0 Å². The molecule has 1 atom stereocenters. The van der Waals surface area contributed by atoms with Crippen molar-refractivity contribution >= 4 is 27.7 Å². The Hall–Kier alpha value is 0.01000. The molecule has 0 aliphatic rings. The predicted octanol–water partition coefficient (Wildman–Crippen LogP) is 3.85. The minimum Gasteiger partial charge on any atom is -0.309 e. The van der Waals surface area contributed by atoms with Crippen LogP contribution in [0.2, 0.25) is 0 Å². The van der Waals surface area contributed by atoms with Crippen LogP contribution in [0.3, 0.4) is 0 Å². The normalized spacial score (nSPS) is 12.7. The van der Waals surface area contributed by atoms with Gasteiger partial charge in [-0.3, -0.25) is 0 Å². The summed E-state index contributed by atoms with van der Waals surface area (Å²) in [4.78, 5) is 0. The second kappa shape index (κ2) is 7.31. The number of nitrogens with one attached hydrogen (secondary N) is 1. The zero-order valence-electron chi connectivity index (χ0n) is 9.29. The molecule has 0 spiro atoms. The van der Waals surface area contributed by atoms with Crippen molar-refractivity contribution in [1.29, 1.82) is 0 Å².